The Morgan fingerprint density at radius 2 is 2.23 bits per heavy atom. The van der Waals surface area contributed by atoms with Gasteiger partial charge >= 0.3 is 0 Å². The lowest BCUT2D eigenvalue weighted by Gasteiger charge is -2.29. The number of hydrogen-bond donors (Lipinski definition) is 2. The zero-order valence-electron chi connectivity index (χ0n) is 13.1. The molecule has 118 valence electrons. The van der Waals surface area contributed by atoms with Crippen molar-refractivity contribution in [3.8, 4) is 6.07 Å². The van der Waals surface area contributed by atoms with E-state index in [1.165, 1.54) is 0 Å². The maximum absolute atomic E-state index is 12.4. The van der Waals surface area contributed by atoms with Crippen molar-refractivity contribution in [1.82, 2.24) is 10.2 Å². The molecule has 1 fully saturated rings. The number of nitriles is 1. The number of carbonyl (C=O) groups is 1. The van der Waals surface area contributed by atoms with E-state index in [0.717, 1.165) is 31.5 Å². The van der Waals surface area contributed by atoms with Gasteiger partial charge in [0.05, 0.1) is 6.07 Å². The Morgan fingerprint density at radius 3 is 2.91 bits per heavy atom. The normalized spacial score (nSPS) is 17.7. The quantitative estimate of drug-likeness (QED) is 0.869. The topological polar surface area (TPSA) is 82.2 Å². The fraction of sp³-hybridized carbons (Fsp3) is 0.529. The van der Waals surface area contributed by atoms with Gasteiger partial charge < -0.3 is 16.0 Å². The Bertz CT molecular complexity index is 544. The van der Waals surface area contributed by atoms with E-state index in [9.17, 15) is 4.79 Å². The number of rotatable bonds is 5. The molecule has 0 saturated carbocycles. The summed E-state index contributed by atoms with van der Waals surface area (Å²) < 4.78 is 0. The van der Waals surface area contributed by atoms with Crippen LogP contribution in [0.3, 0.4) is 0 Å². The number of carbonyl (C=O) groups excluding carboxylic acids is 1. The number of hydrogen-bond acceptors (Lipinski definition) is 4. The van der Waals surface area contributed by atoms with Gasteiger partial charge in [0.25, 0.3) is 5.91 Å². The van der Waals surface area contributed by atoms with E-state index in [1.54, 1.807) is 0 Å². The van der Waals surface area contributed by atoms with Crippen molar-refractivity contribution in [2.24, 2.45) is 5.73 Å². The number of amides is 1. The summed E-state index contributed by atoms with van der Waals surface area (Å²) in [5.74, 6) is -0.0381. The van der Waals surface area contributed by atoms with Crippen LogP contribution >= 0.6 is 0 Å². The monoisotopic (exact) mass is 300 g/mol. The average Bonchev–Trinajstić information content (AvgIpc) is 2.54. The first-order valence-corrected chi connectivity index (χ1v) is 7.82. The zero-order chi connectivity index (χ0) is 15.9. The number of nitrogens with zero attached hydrogens (tertiary/aromatic N) is 2. The lowest BCUT2D eigenvalue weighted by atomic mass is 10.00. The summed E-state index contributed by atoms with van der Waals surface area (Å²) in [7, 11) is 2.10. The fourth-order valence-electron chi connectivity index (χ4n) is 2.72. The highest BCUT2D eigenvalue weighted by atomic mass is 16.1. The van der Waals surface area contributed by atoms with Crippen LogP contribution in [0, 0.1) is 11.3 Å². The second-order valence-electron chi connectivity index (χ2n) is 5.98. The Labute approximate surface area is 132 Å². The summed E-state index contributed by atoms with van der Waals surface area (Å²) in [6, 6.07) is 9.56. The van der Waals surface area contributed by atoms with Gasteiger partial charge in [-0.3, -0.25) is 4.79 Å². The van der Waals surface area contributed by atoms with Gasteiger partial charge in [-0.1, -0.05) is 12.1 Å². The van der Waals surface area contributed by atoms with Crippen molar-refractivity contribution >= 4 is 5.91 Å². The highest BCUT2D eigenvalue weighted by Crippen LogP contribution is 2.17. The van der Waals surface area contributed by atoms with E-state index in [1.807, 2.05) is 24.3 Å². The Kier molecular flexibility index (Phi) is 5.93. The van der Waals surface area contributed by atoms with Crippen LogP contribution in [0.4, 0.5) is 0 Å². The van der Waals surface area contributed by atoms with E-state index in [0.29, 0.717) is 18.4 Å². The van der Waals surface area contributed by atoms with E-state index >= 15 is 0 Å². The molecule has 1 aliphatic heterocycles. The highest BCUT2D eigenvalue weighted by Gasteiger charge is 2.19. The molecule has 0 spiro atoms. The number of benzene rings is 1. The van der Waals surface area contributed by atoms with Crippen molar-refractivity contribution in [1.29, 1.82) is 5.26 Å². The molecule has 22 heavy (non-hydrogen) atoms. The van der Waals surface area contributed by atoms with Gasteiger partial charge in [-0.25, -0.2) is 0 Å². The molecular formula is C17H24N4O. The number of nitrogens with two attached hydrogens (primary N) is 1. The molecule has 0 aromatic heterocycles. The summed E-state index contributed by atoms with van der Waals surface area (Å²) in [6.45, 7) is 2.04. The molecule has 1 saturated heterocycles. The van der Waals surface area contributed by atoms with E-state index in [-0.39, 0.29) is 18.0 Å². The van der Waals surface area contributed by atoms with Crippen LogP contribution in [0.25, 0.3) is 0 Å². The molecule has 2 rings (SSSR count). The molecule has 0 aliphatic carbocycles. The SMILES string of the molecule is CN1CCC(NC(=O)c2cccc([C@@H](N)CCC#N)c2)CC1. The second kappa shape index (κ2) is 7.92. The largest absolute Gasteiger partial charge is 0.349 e. The van der Waals surface area contributed by atoms with Crippen molar-refractivity contribution < 1.29 is 4.79 Å². The van der Waals surface area contributed by atoms with Gasteiger partial charge in [-0.15, -0.1) is 0 Å². The molecule has 0 bridgehead atoms. The van der Waals surface area contributed by atoms with Crippen molar-refractivity contribution in [3.05, 3.63) is 35.4 Å². The van der Waals surface area contributed by atoms with Crippen molar-refractivity contribution in [2.45, 2.75) is 37.8 Å². The molecule has 5 heteroatoms. The summed E-state index contributed by atoms with van der Waals surface area (Å²) in [5, 5.41) is 11.7. The predicted molar refractivity (Wildman–Crippen MR) is 86.2 cm³/mol. The molecule has 3 N–H and O–H groups in total. The summed E-state index contributed by atoms with van der Waals surface area (Å²) in [6.07, 6.45) is 3.01. The van der Waals surface area contributed by atoms with Crippen LogP contribution in [0.5, 0.6) is 0 Å². The van der Waals surface area contributed by atoms with Gasteiger partial charge in [-0.2, -0.15) is 5.26 Å². The Balaban J connectivity index is 1.96. The molecular weight excluding hydrogens is 276 g/mol. The molecule has 1 aromatic carbocycles. The third-order valence-corrected chi connectivity index (χ3v) is 4.20. The fourth-order valence-corrected chi connectivity index (χ4v) is 2.72. The lowest BCUT2D eigenvalue weighted by Crippen LogP contribution is -2.43. The minimum absolute atomic E-state index is 0.0381. The van der Waals surface area contributed by atoms with Crippen molar-refractivity contribution in [2.75, 3.05) is 20.1 Å². The first-order valence-electron chi connectivity index (χ1n) is 7.82. The van der Waals surface area contributed by atoms with Crippen LogP contribution in [0.15, 0.2) is 24.3 Å². The minimum atomic E-state index is -0.198. The standard InChI is InChI=1S/C17H24N4O/c1-21-10-7-15(8-11-21)20-17(22)14-5-2-4-13(12-14)16(19)6-3-9-18/h2,4-5,12,15-16H,3,6-8,10-11,19H2,1H3,(H,20,22)/t16-/m0/s1. The highest BCUT2D eigenvalue weighted by molar-refractivity contribution is 5.94. The van der Waals surface area contributed by atoms with Crippen LogP contribution in [0.1, 0.15) is 47.6 Å². The van der Waals surface area contributed by atoms with Crippen LogP contribution in [-0.4, -0.2) is 37.0 Å². The number of piperidine rings is 1. The van der Waals surface area contributed by atoms with Crippen molar-refractivity contribution in [3.63, 3.8) is 0 Å². The smallest absolute Gasteiger partial charge is 0.251 e. The third kappa shape index (κ3) is 4.55. The van der Waals surface area contributed by atoms with E-state index in [2.05, 4.69) is 23.3 Å². The minimum Gasteiger partial charge on any atom is -0.349 e. The van der Waals surface area contributed by atoms with Crippen LogP contribution < -0.4 is 11.1 Å². The Hall–Kier alpha value is -1.90. The van der Waals surface area contributed by atoms with E-state index in [4.69, 9.17) is 11.0 Å². The molecule has 1 aromatic rings. The summed E-state index contributed by atoms with van der Waals surface area (Å²) >= 11 is 0. The summed E-state index contributed by atoms with van der Waals surface area (Å²) in [5.41, 5.74) is 7.61. The predicted octanol–water partition coefficient (Wildman–Crippen LogP) is 1.81. The van der Waals surface area contributed by atoms with Gasteiger partial charge in [0, 0.05) is 24.1 Å². The first kappa shape index (κ1) is 16.5. The first-order chi connectivity index (χ1) is 10.6. The molecule has 0 radical (unpaired) electrons. The molecule has 1 amide bonds. The summed E-state index contributed by atoms with van der Waals surface area (Å²) in [4.78, 5) is 14.6. The van der Waals surface area contributed by atoms with Gasteiger partial charge in [-0.05, 0) is 57.1 Å². The molecule has 1 atom stereocenters. The third-order valence-electron chi connectivity index (χ3n) is 4.20. The Morgan fingerprint density at radius 1 is 1.50 bits per heavy atom. The van der Waals surface area contributed by atoms with Gasteiger partial charge in [0.1, 0.15) is 0 Å². The molecule has 1 heterocycles. The molecule has 5 nitrogen and oxygen atoms in total. The van der Waals surface area contributed by atoms with E-state index < -0.39 is 0 Å². The molecule has 0 unspecified atom stereocenters. The number of nitrogens with one attached hydrogen (secondary N) is 1. The second-order valence-corrected chi connectivity index (χ2v) is 5.98. The average molecular weight is 300 g/mol. The zero-order valence-corrected chi connectivity index (χ0v) is 13.1. The lowest BCUT2D eigenvalue weighted by molar-refractivity contribution is 0.0916. The van der Waals surface area contributed by atoms with Crippen LogP contribution in [-0.2, 0) is 0 Å². The maximum atomic E-state index is 12.4. The maximum Gasteiger partial charge on any atom is 0.251 e. The molecule has 1 aliphatic rings. The number of likely N-dealkylation sites (tertiary alicyclic amines) is 1. The van der Waals surface area contributed by atoms with Crippen LogP contribution in [0.2, 0.25) is 0 Å². The van der Waals surface area contributed by atoms with Gasteiger partial charge in [0.15, 0.2) is 0 Å². The van der Waals surface area contributed by atoms with Gasteiger partial charge in [0.2, 0.25) is 0 Å².